The van der Waals surface area contributed by atoms with Crippen molar-refractivity contribution in [1.29, 1.82) is 0 Å². The highest BCUT2D eigenvalue weighted by Crippen LogP contribution is 2.62. The molecule has 13 heteroatoms. The molecule has 2 aliphatic heterocycles. The van der Waals surface area contributed by atoms with E-state index >= 15 is 0 Å². The zero-order valence-corrected chi connectivity index (χ0v) is 35.0. The molecule has 3 heterocycles. The van der Waals surface area contributed by atoms with Crippen molar-refractivity contribution < 1.29 is 43.5 Å². The monoisotopic (exact) mass is 823 g/mol. The van der Waals surface area contributed by atoms with Crippen molar-refractivity contribution in [2.75, 3.05) is 45.5 Å². The number of aliphatic hydroxyl groups excluding tert-OH is 2. The Bertz CT molecular complexity index is 1720. The maximum absolute atomic E-state index is 14.1. The zero-order chi connectivity index (χ0) is 40.9. The van der Waals surface area contributed by atoms with E-state index in [1.54, 1.807) is 11.0 Å². The lowest BCUT2D eigenvalue weighted by Crippen LogP contribution is -2.70. The third-order valence-electron chi connectivity index (χ3n) is 11.8. The number of aromatic nitrogens is 1. The number of aliphatic hydroxyl groups is 2. The molecule has 1 saturated carbocycles. The lowest BCUT2D eigenvalue weighted by atomic mass is 9.55. The molecule has 0 bridgehead atoms. The van der Waals surface area contributed by atoms with Gasteiger partial charge >= 0.3 is 6.09 Å². The Morgan fingerprint density at radius 1 is 1.14 bits per heavy atom. The van der Waals surface area contributed by atoms with Crippen LogP contribution in [0.2, 0.25) is 0 Å². The average molecular weight is 824 g/mol. The van der Waals surface area contributed by atoms with E-state index in [0.717, 1.165) is 67.5 Å². The second-order valence-electron chi connectivity index (χ2n) is 15.7. The molecule has 12 nitrogen and oxygen atoms in total. The van der Waals surface area contributed by atoms with Gasteiger partial charge in [0, 0.05) is 49.8 Å². The minimum absolute atomic E-state index is 0.0567. The summed E-state index contributed by atoms with van der Waals surface area (Å²) in [4.78, 5) is 26.7. The van der Waals surface area contributed by atoms with Crippen LogP contribution in [0.1, 0.15) is 100 Å². The largest absolute Gasteiger partial charge is 0.487 e. The summed E-state index contributed by atoms with van der Waals surface area (Å²) < 4.78 is 32.4. The van der Waals surface area contributed by atoms with E-state index in [1.165, 1.54) is 0 Å². The van der Waals surface area contributed by atoms with E-state index in [1.807, 2.05) is 44.2 Å². The van der Waals surface area contributed by atoms with Gasteiger partial charge in [-0.3, -0.25) is 9.88 Å². The fourth-order valence-electron chi connectivity index (χ4n) is 9.32. The number of alkyl halides is 1. The molecule has 2 aliphatic carbocycles. The highest BCUT2D eigenvalue weighted by atomic mass is 35.5. The lowest BCUT2D eigenvalue weighted by molar-refractivity contribution is -0.255. The Balaban J connectivity index is 1.55. The number of carbonyl (C=O) groups is 1. The number of benzene rings is 1. The minimum Gasteiger partial charge on any atom is -0.487 e. The average Bonchev–Trinajstić information content (AvgIpc) is 3.24. The van der Waals surface area contributed by atoms with Gasteiger partial charge in [0.05, 0.1) is 36.4 Å². The number of unbranched alkanes of at least 4 members (excludes halogenated alkanes) is 2. The first kappa shape index (κ1) is 43.9. The number of pyridine rings is 1. The summed E-state index contributed by atoms with van der Waals surface area (Å²) in [6.07, 6.45) is 11.4. The number of carbonyl (C=O) groups excluding carboxylic acids is 1. The number of nitrogens with zero attached hydrogens (tertiary/aromatic N) is 3. The Morgan fingerprint density at radius 2 is 1.97 bits per heavy atom. The van der Waals surface area contributed by atoms with Crippen LogP contribution in [-0.2, 0) is 25.7 Å². The third-order valence-corrected chi connectivity index (χ3v) is 11.9. The van der Waals surface area contributed by atoms with Gasteiger partial charge in [0.2, 0.25) is 12.1 Å². The summed E-state index contributed by atoms with van der Waals surface area (Å²) in [5, 5.41) is 24.7. The Kier molecular flexibility index (Phi) is 16.3. The van der Waals surface area contributed by atoms with Crippen molar-refractivity contribution in [3.05, 3.63) is 77.7 Å². The summed E-state index contributed by atoms with van der Waals surface area (Å²) >= 11 is 6.03. The van der Waals surface area contributed by atoms with Crippen molar-refractivity contribution in [2.24, 2.45) is 22.9 Å². The molecule has 2 N–H and O–H groups in total. The quantitative estimate of drug-likeness (QED) is 0.0548. The van der Waals surface area contributed by atoms with Gasteiger partial charge < -0.3 is 38.7 Å². The van der Waals surface area contributed by atoms with Crippen LogP contribution in [0.3, 0.4) is 0 Å². The summed E-state index contributed by atoms with van der Waals surface area (Å²) in [5.41, 5.74) is 4.40. The van der Waals surface area contributed by atoms with E-state index < -0.39 is 30.1 Å². The molecule has 1 saturated heterocycles. The van der Waals surface area contributed by atoms with E-state index in [2.05, 4.69) is 23.7 Å². The van der Waals surface area contributed by atoms with E-state index in [9.17, 15) is 15.0 Å². The molecule has 1 aromatic heterocycles. The maximum Gasteiger partial charge on any atom is 0.410 e. The molecule has 1 aromatic carbocycles. The summed E-state index contributed by atoms with van der Waals surface area (Å²) in [6.45, 7) is 9.72. The molecular weight excluding hydrogens is 762 g/mol. The predicted molar refractivity (Wildman–Crippen MR) is 222 cm³/mol. The smallest absolute Gasteiger partial charge is 0.410 e. The van der Waals surface area contributed by atoms with Gasteiger partial charge in [0.15, 0.2) is 0 Å². The minimum atomic E-state index is -1.38. The molecule has 1 unspecified atom stereocenters. The molecule has 2 aromatic rings. The van der Waals surface area contributed by atoms with E-state index in [0.29, 0.717) is 56.2 Å². The number of hydrogen-bond acceptors (Lipinski definition) is 11. The van der Waals surface area contributed by atoms with E-state index in [4.69, 9.17) is 45.3 Å². The predicted octanol–water partition coefficient (Wildman–Crippen LogP) is 8.22. The number of amides is 1. The number of allylic oxidation sites excluding steroid dienone is 1. The number of halogens is 1. The number of hydrogen-bond donors (Lipinski definition) is 2. The molecule has 0 radical (unpaired) electrons. The van der Waals surface area contributed by atoms with Crippen LogP contribution < -0.4 is 9.47 Å². The van der Waals surface area contributed by atoms with Gasteiger partial charge in [-0.05, 0) is 99.6 Å². The molecule has 318 valence electrons. The Hall–Kier alpha value is -3.68. The number of ether oxygens (including phenoxy) is 5. The number of oxime groups is 1. The summed E-state index contributed by atoms with van der Waals surface area (Å²) in [6, 6.07) is 11.2. The first-order valence-corrected chi connectivity index (χ1v) is 21.8. The molecule has 2 fully saturated rings. The van der Waals surface area contributed by atoms with Crippen LogP contribution >= 0.6 is 11.6 Å². The normalized spacial score (nSPS) is 26.8. The van der Waals surface area contributed by atoms with Crippen molar-refractivity contribution in [2.45, 2.75) is 115 Å². The highest BCUT2D eigenvalue weighted by molar-refractivity contribution is 6.18. The topological polar surface area (TPSA) is 141 Å². The van der Waals surface area contributed by atoms with Crippen LogP contribution in [0, 0.1) is 24.7 Å². The van der Waals surface area contributed by atoms with Gasteiger partial charge in [-0.25, -0.2) is 4.79 Å². The van der Waals surface area contributed by atoms with Crippen molar-refractivity contribution in [1.82, 2.24) is 9.88 Å². The first-order valence-electron chi connectivity index (χ1n) is 21.3. The number of aryl methyl sites for hydroxylation is 1. The fraction of sp³-hybridized carbons (Fsp3) is 0.622. The molecule has 58 heavy (non-hydrogen) atoms. The van der Waals surface area contributed by atoms with Crippen LogP contribution in [0.15, 0.2) is 65.9 Å². The van der Waals surface area contributed by atoms with Crippen LogP contribution in [0.25, 0.3) is 0 Å². The van der Waals surface area contributed by atoms with Crippen molar-refractivity contribution in [3.63, 3.8) is 0 Å². The molecular formula is C45H62ClN3O9. The van der Waals surface area contributed by atoms with Gasteiger partial charge in [-0.1, -0.05) is 43.1 Å². The molecule has 4 aliphatic rings. The number of fused-ring (bicyclic) bond motifs is 2. The van der Waals surface area contributed by atoms with Crippen LogP contribution in [0.4, 0.5) is 4.79 Å². The zero-order valence-electron chi connectivity index (χ0n) is 34.2. The molecule has 0 spiro atoms. The van der Waals surface area contributed by atoms with Crippen molar-refractivity contribution in [3.8, 4) is 11.5 Å². The molecule has 7 atom stereocenters. The van der Waals surface area contributed by atoms with Crippen molar-refractivity contribution >= 4 is 23.4 Å². The van der Waals surface area contributed by atoms with Gasteiger partial charge in [0.1, 0.15) is 30.8 Å². The SMILES string of the molecule is C=CCO[C@@]12Oc3ccc(OCc4cccc(C)n4)cc3[C@H]3[C@H](CCCCO)[C@@H](CCCCO)C=C(C(=NOC4CCCCO4)C[C@@H]1N(CCC)C(=O)OCCCl)[C@H]32. The molecule has 1 amide bonds. The summed E-state index contributed by atoms with van der Waals surface area (Å²) in [7, 11) is 0. The lowest BCUT2D eigenvalue weighted by Gasteiger charge is -2.60. The first-order chi connectivity index (χ1) is 28.4. The Labute approximate surface area is 348 Å². The van der Waals surface area contributed by atoms with E-state index in [-0.39, 0.29) is 56.5 Å². The van der Waals surface area contributed by atoms with Gasteiger partial charge in [0.25, 0.3) is 0 Å². The number of rotatable bonds is 21. The standard InChI is InChI=1S/C45H62ClN3O9/c1-4-21-49(44(52)54-26-20-46)40-29-38(48-58-41-17-8-11-25-53-41)36-27-32(14-6-9-22-50)35(16-7-10-23-51)42-37-28-34(55-30-33-15-12-13-31(3)47-33)18-19-39(37)57-45(40,43(36)42)56-24-5-2/h5,12-13,15,18-19,27-28,32,35,40-43,50-51H,2,4,6-11,14,16-17,20-26,29-30H2,1,3H3/t32-,35+,40-,41?,42+,43+,45+/m0/s1. The second kappa shape index (κ2) is 21.5. The van der Waals surface area contributed by atoms with Gasteiger partial charge in [-0.2, -0.15) is 0 Å². The Morgan fingerprint density at radius 3 is 2.69 bits per heavy atom. The second-order valence-corrected chi connectivity index (χ2v) is 16.1. The molecule has 6 rings (SSSR count). The van der Waals surface area contributed by atoms with Crippen LogP contribution in [-0.4, -0.2) is 95.5 Å². The maximum atomic E-state index is 14.1. The third kappa shape index (κ3) is 10.2. The summed E-state index contributed by atoms with van der Waals surface area (Å²) in [5.74, 6) is -0.350. The van der Waals surface area contributed by atoms with Gasteiger partial charge in [-0.15, -0.1) is 18.2 Å². The fourth-order valence-corrected chi connectivity index (χ4v) is 9.39. The van der Waals surface area contributed by atoms with Crippen LogP contribution in [0.5, 0.6) is 11.5 Å². The highest BCUT2D eigenvalue weighted by Gasteiger charge is 2.65.